The highest BCUT2D eigenvalue weighted by Crippen LogP contribution is 2.20. The first-order chi connectivity index (χ1) is 14.6. The summed E-state index contributed by atoms with van der Waals surface area (Å²) in [7, 11) is 1.61. The third-order valence-electron chi connectivity index (χ3n) is 5.02. The molecular formula is C21H22N4O4S. The highest BCUT2D eigenvalue weighted by atomic mass is 32.1. The molecular weight excluding hydrogens is 404 g/mol. The number of hydrogen-bond acceptors (Lipinski definition) is 7. The summed E-state index contributed by atoms with van der Waals surface area (Å²) in [5, 5.41) is 5.88. The van der Waals surface area contributed by atoms with Crippen LogP contribution in [0, 0.1) is 0 Å². The Morgan fingerprint density at radius 1 is 1.10 bits per heavy atom. The Balaban J connectivity index is 1.26. The van der Waals surface area contributed by atoms with E-state index in [1.54, 1.807) is 16.9 Å². The maximum absolute atomic E-state index is 12.5. The van der Waals surface area contributed by atoms with Crippen molar-refractivity contribution in [2.45, 2.75) is 12.8 Å². The lowest BCUT2D eigenvalue weighted by atomic mass is 10.2. The summed E-state index contributed by atoms with van der Waals surface area (Å²) >= 11 is 1.44. The van der Waals surface area contributed by atoms with Crippen molar-refractivity contribution in [2.75, 3.05) is 33.3 Å². The number of methoxy groups -OCH3 is 1. The Morgan fingerprint density at radius 2 is 1.83 bits per heavy atom. The van der Waals surface area contributed by atoms with Gasteiger partial charge in [-0.25, -0.2) is 0 Å². The van der Waals surface area contributed by atoms with E-state index >= 15 is 0 Å². The lowest BCUT2D eigenvalue weighted by Gasteiger charge is -2.34. The molecule has 1 aliphatic heterocycles. The van der Waals surface area contributed by atoms with Crippen LogP contribution < -0.4 is 4.74 Å². The molecule has 1 aromatic carbocycles. The minimum Gasteiger partial charge on any atom is -0.497 e. The molecule has 30 heavy (non-hydrogen) atoms. The third kappa shape index (κ3) is 4.51. The van der Waals surface area contributed by atoms with E-state index in [9.17, 15) is 9.59 Å². The van der Waals surface area contributed by atoms with Gasteiger partial charge in [-0.1, -0.05) is 11.2 Å². The zero-order valence-corrected chi connectivity index (χ0v) is 17.4. The van der Waals surface area contributed by atoms with Gasteiger partial charge in [-0.3, -0.25) is 9.59 Å². The second-order valence-corrected chi connectivity index (χ2v) is 7.84. The smallest absolute Gasteiger partial charge is 0.264 e. The maximum atomic E-state index is 12.5. The predicted molar refractivity (Wildman–Crippen MR) is 111 cm³/mol. The predicted octanol–water partition coefficient (Wildman–Crippen LogP) is 2.72. The molecule has 0 saturated carbocycles. The summed E-state index contributed by atoms with van der Waals surface area (Å²) in [5.74, 6) is 1.74. The molecule has 1 saturated heterocycles. The number of benzene rings is 1. The van der Waals surface area contributed by atoms with Crippen molar-refractivity contribution in [3.63, 3.8) is 0 Å². The van der Waals surface area contributed by atoms with Crippen molar-refractivity contribution in [3.8, 4) is 17.1 Å². The first-order valence-electron chi connectivity index (χ1n) is 9.71. The van der Waals surface area contributed by atoms with Crippen LogP contribution in [0.2, 0.25) is 0 Å². The van der Waals surface area contributed by atoms with Crippen molar-refractivity contribution in [3.05, 3.63) is 52.5 Å². The Labute approximate surface area is 178 Å². The zero-order valence-electron chi connectivity index (χ0n) is 16.6. The van der Waals surface area contributed by atoms with Crippen molar-refractivity contribution in [2.24, 2.45) is 0 Å². The average Bonchev–Trinajstić information content (AvgIpc) is 3.50. The summed E-state index contributed by atoms with van der Waals surface area (Å²) in [6.45, 7) is 2.17. The molecule has 0 N–H and O–H groups in total. The van der Waals surface area contributed by atoms with E-state index in [4.69, 9.17) is 9.26 Å². The van der Waals surface area contributed by atoms with Gasteiger partial charge >= 0.3 is 0 Å². The van der Waals surface area contributed by atoms with Crippen molar-refractivity contribution in [1.82, 2.24) is 19.9 Å². The Bertz CT molecular complexity index is 992. The third-order valence-corrected chi connectivity index (χ3v) is 5.88. The van der Waals surface area contributed by atoms with Gasteiger partial charge in [0, 0.05) is 44.6 Å². The molecule has 2 amide bonds. The highest BCUT2D eigenvalue weighted by molar-refractivity contribution is 7.12. The van der Waals surface area contributed by atoms with E-state index in [0.717, 1.165) is 16.2 Å². The molecule has 1 aliphatic rings. The van der Waals surface area contributed by atoms with E-state index in [1.807, 2.05) is 41.8 Å². The van der Waals surface area contributed by atoms with Crippen LogP contribution >= 0.6 is 11.3 Å². The molecule has 3 aromatic rings. The molecule has 156 valence electrons. The van der Waals surface area contributed by atoms with Gasteiger partial charge in [0.25, 0.3) is 5.91 Å². The standard InChI is InChI=1S/C21H22N4O4S/c1-28-16-6-4-15(5-7-16)20-22-18(29-23-20)8-9-19(26)24-10-12-25(13-11-24)21(27)17-3-2-14-30-17/h2-7,14H,8-13H2,1H3. The van der Waals surface area contributed by atoms with Crippen LogP contribution in [0.1, 0.15) is 22.0 Å². The second-order valence-electron chi connectivity index (χ2n) is 6.89. The largest absolute Gasteiger partial charge is 0.497 e. The topological polar surface area (TPSA) is 88.8 Å². The number of hydrogen-bond donors (Lipinski definition) is 0. The number of amides is 2. The van der Waals surface area contributed by atoms with Gasteiger partial charge in [0.2, 0.25) is 17.6 Å². The van der Waals surface area contributed by atoms with Crippen LogP contribution in [0.5, 0.6) is 5.75 Å². The number of rotatable bonds is 6. The summed E-state index contributed by atoms with van der Waals surface area (Å²) in [6.07, 6.45) is 0.680. The molecule has 0 unspecified atom stereocenters. The van der Waals surface area contributed by atoms with Gasteiger partial charge in [-0.05, 0) is 35.7 Å². The summed E-state index contributed by atoms with van der Waals surface area (Å²) in [5.41, 5.74) is 0.823. The van der Waals surface area contributed by atoms with Crippen molar-refractivity contribution >= 4 is 23.2 Å². The van der Waals surface area contributed by atoms with Crippen LogP contribution in [0.25, 0.3) is 11.4 Å². The Kier molecular flexibility index (Phi) is 6.08. The van der Waals surface area contributed by atoms with Crippen LogP contribution in [0.4, 0.5) is 0 Å². The zero-order chi connectivity index (χ0) is 20.9. The fourth-order valence-electron chi connectivity index (χ4n) is 3.30. The molecule has 4 rings (SSSR count). The van der Waals surface area contributed by atoms with Gasteiger partial charge in [0.15, 0.2) is 0 Å². The summed E-state index contributed by atoms with van der Waals surface area (Å²) in [6, 6.07) is 11.1. The number of ether oxygens (including phenoxy) is 1. The number of piperazine rings is 1. The molecule has 0 atom stereocenters. The fraction of sp³-hybridized carbons (Fsp3) is 0.333. The number of carbonyl (C=O) groups excluding carboxylic acids is 2. The van der Waals surface area contributed by atoms with E-state index < -0.39 is 0 Å². The highest BCUT2D eigenvalue weighted by Gasteiger charge is 2.25. The Morgan fingerprint density at radius 3 is 2.50 bits per heavy atom. The molecule has 0 aliphatic carbocycles. The van der Waals surface area contributed by atoms with Crippen LogP contribution in [-0.4, -0.2) is 65.0 Å². The van der Waals surface area contributed by atoms with Gasteiger partial charge in [0.1, 0.15) is 5.75 Å². The van der Waals surface area contributed by atoms with Crippen LogP contribution in [0.15, 0.2) is 46.3 Å². The van der Waals surface area contributed by atoms with E-state index in [-0.39, 0.29) is 11.8 Å². The van der Waals surface area contributed by atoms with Crippen LogP contribution in [-0.2, 0) is 11.2 Å². The normalized spacial score (nSPS) is 14.0. The molecule has 0 radical (unpaired) electrons. The average molecular weight is 426 g/mol. The molecule has 9 heteroatoms. The lowest BCUT2D eigenvalue weighted by molar-refractivity contribution is -0.132. The molecule has 8 nitrogen and oxygen atoms in total. The summed E-state index contributed by atoms with van der Waals surface area (Å²) in [4.78, 5) is 33.6. The number of nitrogens with zero attached hydrogens (tertiary/aromatic N) is 4. The first-order valence-corrected chi connectivity index (χ1v) is 10.6. The minimum atomic E-state index is 0.0300. The van der Waals surface area contributed by atoms with Crippen LogP contribution in [0.3, 0.4) is 0 Å². The minimum absolute atomic E-state index is 0.0300. The van der Waals surface area contributed by atoms with Gasteiger partial charge in [-0.2, -0.15) is 4.98 Å². The number of thiophene rings is 1. The number of aromatic nitrogens is 2. The van der Waals surface area contributed by atoms with Gasteiger partial charge < -0.3 is 19.1 Å². The molecule has 0 spiro atoms. The van der Waals surface area contributed by atoms with E-state index in [1.165, 1.54) is 11.3 Å². The maximum Gasteiger partial charge on any atom is 0.264 e. The fourth-order valence-corrected chi connectivity index (χ4v) is 3.99. The summed E-state index contributed by atoms with van der Waals surface area (Å²) < 4.78 is 10.4. The van der Waals surface area contributed by atoms with Crippen molar-refractivity contribution in [1.29, 1.82) is 0 Å². The van der Waals surface area contributed by atoms with Crippen molar-refractivity contribution < 1.29 is 18.8 Å². The monoisotopic (exact) mass is 426 g/mol. The first kappa shape index (κ1) is 20.1. The molecule has 1 fully saturated rings. The lowest BCUT2D eigenvalue weighted by Crippen LogP contribution is -2.50. The Hall–Kier alpha value is -3.20. The molecule has 2 aromatic heterocycles. The molecule has 3 heterocycles. The second kappa shape index (κ2) is 9.08. The van der Waals surface area contributed by atoms with Gasteiger partial charge in [0.05, 0.1) is 12.0 Å². The van der Waals surface area contributed by atoms with E-state index in [0.29, 0.717) is 50.7 Å². The molecule has 0 bridgehead atoms. The van der Waals surface area contributed by atoms with E-state index in [2.05, 4.69) is 10.1 Å². The quantitative estimate of drug-likeness (QED) is 0.602. The SMILES string of the molecule is COc1ccc(-c2noc(CCC(=O)N3CCN(C(=O)c4cccs4)CC3)n2)cc1. The number of aryl methyl sites for hydroxylation is 1. The number of carbonyl (C=O) groups is 2. The van der Waals surface area contributed by atoms with Gasteiger partial charge in [-0.15, -0.1) is 11.3 Å².